The minimum Gasteiger partial charge on any atom is -0.360 e. The van der Waals surface area contributed by atoms with Crippen LogP contribution in [0.15, 0.2) is 59.8 Å². The second-order valence-corrected chi connectivity index (χ2v) is 11.5. The molecule has 1 aromatic carbocycles. The van der Waals surface area contributed by atoms with Gasteiger partial charge in [0.1, 0.15) is 5.82 Å². The van der Waals surface area contributed by atoms with E-state index in [1.807, 2.05) is 31.1 Å². The molecular weight excluding hydrogens is 504 g/mol. The van der Waals surface area contributed by atoms with Crippen molar-refractivity contribution >= 4 is 33.4 Å². The molecule has 0 radical (unpaired) electrons. The van der Waals surface area contributed by atoms with Crippen molar-refractivity contribution in [3.8, 4) is 11.3 Å². The second kappa shape index (κ2) is 11.0. The molecule has 0 spiro atoms. The Morgan fingerprint density at radius 2 is 1.68 bits per heavy atom. The Balaban J connectivity index is 1.44. The largest absolute Gasteiger partial charge is 0.360 e. The van der Waals surface area contributed by atoms with Crippen LogP contribution >= 0.6 is 0 Å². The van der Waals surface area contributed by atoms with Gasteiger partial charge in [0, 0.05) is 77.0 Å². The molecule has 200 valence electrons. The number of rotatable bonds is 0. The zero-order valence-electron chi connectivity index (χ0n) is 21.6. The van der Waals surface area contributed by atoms with Crippen molar-refractivity contribution in [1.82, 2.24) is 29.1 Å². The van der Waals surface area contributed by atoms with Gasteiger partial charge in [0.05, 0.1) is 17.1 Å². The van der Waals surface area contributed by atoms with Gasteiger partial charge in [-0.2, -0.15) is 4.31 Å². The van der Waals surface area contributed by atoms with E-state index in [9.17, 15) is 13.2 Å². The van der Waals surface area contributed by atoms with Gasteiger partial charge < -0.3 is 15.1 Å². The fourth-order valence-electron chi connectivity index (χ4n) is 4.58. The Bertz CT molecular complexity index is 1390. The summed E-state index contributed by atoms with van der Waals surface area (Å²) in [5.74, 6) is 1.23. The van der Waals surface area contributed by atoms with E-state index in [2.05, 4.69) is 25.2 Å². The minimum atomic E-state index is -3.69. The van der Waals surface area contributed by atoms with Crippen LogP contribution in [-0.4, -0.2) is 103 Å². The van der Waals surface area contributed by atoms with E-state index in [4.69, 9.17) is 0 Å². The Morgan fingerprint density at radius 3 is 2.45 bits per heavy atom. The van der Waals surface area contributed by atoms with Crippen LogP contribution in [0.3, 0.4) is 0 Å². The highest BCUT2D eigenvalue weighted by Crippen LogP contribution is 2.24. The Labute approximate surface area is 223 Å². The highest BCUT2D eigenvalue weighted by Gasteiger charge is 2.29. The molecule has 5 aliphatic heterocycles. The average Bonchev–Trinajstić information content (AvgIpc) is 2.93. The number of sulfonamides is 1. The molecule has 3 aromatic rings. The molecule has 0 aliphatic carbocycles. The SMILES string of the molecule is CN1CCCN(C)c2ccc(cn2)-c2ccnc(n2)Nc2cccc(c2)S(=O)(=O)N2CCN(CC2)CC1=O. The first-order valence-electron chi connectivity index (χ1n) is 12.6. The summed E-state index contributed by atoms with van der Waals surface area (Å²) in [5.41, 5.74) is 2.11. The highest BCUT2D eigenvalue weighted by molar-refractivity contribution is 7.89. The fourth-order valence-corrected chi connectivity index (χ4v) is 6.05. The molecule has 5 aliphatic rings. The van der Waals surface area contributed by atoms with E-state index < -0.39 is 10.0 Å². The lowest BCUT2D eigenvalue weighted by Gasteiger charge is -2.34. The second-order valence-electron chi connectivity index (χ2n) is 9.59. The molecule has 1 fully saturated rings. The summed E-state index contributed by atoms with van der Waals surface area (Å²) in [5, 5.41) is 3.13. The standard InChI is InChI=1S/C26H32N8O3S/c1-31-11-4-12-32(2)25(35)19-33-13-15-34(16-14-33)38(36,37)22-6-3-5-21(17-22)29-26-27-10-9-23(30-26)20-7-8-24(31)28-18-20/h3,5-10,17-18H,4,11-16,19H2,1-2H3,(H,27,29,30). The molecule has 38 heavy (non-hydrogen) atoms. The van der Waals surface area contributed by atoms with Crippen LogP contribution in [0.2, 0.25) is 0 Å². The number of pyridine rings is 1. The summed E-state index contributed by atoms with van der Waals surface area (Å²) < 4.78 is 28.2. The Hall–Kier alpha value is -3.61. The first-order chi connectivity index (χ1) is 18.3. The average molecular weight is 537 g/mol. The number of hydrogen-bond donors (Lipinski definition) is 1. The van der Waals surface area contributed by atoms with Gasteiger partial charge in [-0.05, 0) is 42.8 Å². The van der Waals surface area contributed by atoms with Gasteiger partial charge >= 0.3 is 0 Å². The van der Waals surface area contributed by atoms with E-state index in [0.29, 0.717) is 50.1 Å². The predicted molar refractivity (Wildman–Crippen MR) is 146 cm³/mol. The molecule has 1 N–H and O–H groups in total. The quantitative estimate of drug-likeness (QED) is 0.460. The third-order valence-electron chi connectivity index (χ3n) is 6.92. The highest BCUT2D eigenvalue weighted by atomic mass is 32.2. The predicted octanol–water partition coefficient (Wildman–Crippen LogP) is 1.89. The van der Waals surface area contributed by atoms with Crippen LogP contribution in [0.25, 0.3) is 11.3 Å². The van der Waals surface area contributed by atoms with Crippen LogP contribution < -0.4 is 10.2 Å². The molecule has 11 nitrogen and oxygen atoms in total. The van der Waals surface area contributed by atoms with Crippen LogP contribution in [0.1, 0.15) is 6.42 Å². The van der Waals surface area contributed by atoms with Gasteiger partial charge in [0.25, 0.3) is 0 Å². The van der Waals surface area contributed by atoms with Gasteiger partial charge in [0.15, 0.2) is 0 Å². The van der Waals surface area contributed by atoms with Gasteiger partial charge in [-0.25, -0.2) is 23.4 Å². The maximum Gasteiger partial charge on any atom is 0.243 e. The van der Waals surface area contributed by atoms with Gasteiger partial charge in [-0.1, -0.05) is 6.07 Å². The number of carbonyl (C=O) groups is 1. The van der Waals surface area contributed by atoms with Crippen LogP contribution in [-0.2, 0) is 14.8 Å². The van der Waals surface area contributed by atoms with Crippen LogP contribution in [0.5, 0.6) is 0 Å². The molecule has 12 heteroatoms. The van der Waals surface area contributed by atoms with E-state index >= 15 is 0 Å². The van der Waals surface area contributed by atoms with Crippen molar-refractivity contribution in [3.05, 3.63) is 54.9 Å². The molecule has 2 aromatic heterocycles. The van der Waals surface area contributed by atoms with Crippen LogP contribution in [0.4, 0.5) is 17.5 Å². The van der Waals surface area contributed by atoms with Gasteiger partial charge in [-0.3, -0.25) is 9.69 Å². The Kier molecular flexibility index (Phi) is 7.54. The summed E-state index contributed by atoms with van der Waals surface area (Å²) in [6.07, 6.45) is 4.23. The molecule has 8 bridgehead atoms. The lowest BCUT2D eigenvalue weighted by molar-refractivity contribution is -0.131. The van der Waals surface area contributed by atoms with Crippen molar-refractivity contribution in [1.29, 1.82) is 0 Å². The third kappa shape index (κ3) is 5.77. The Morgan fingerprint density at radius 1 is 0.895 bits per heavy atom. The molecule has 7 heterocycles. The smallest absolute Gasteiger partial charge is 0.243 e. The summed E-state index contributed by atoms with van der Waals surface area (Å²) in [6.45, 7) is 3.32. The van der Waals surface area contributed by atoms with Crippen molar-refractivity contribution in [2.75, 3.05) is 70.1 Å². The lowest BCUT2D eigenvalue weighted by Crippen LogP contribution is -2.51. The monoisotopic (exact) mass is 536 g/mol. The maximum atomic E-state index is 13.4. The summed E-state index contributed by atoms with van der Waals surface area (Å²) in [4.78, 5) is 32.3. The first kappa shape index (κ1) is 26.0. The summed E-state index contributed by atoms with van der Waals surface area (Å²) in [6, 6.07) is 12.4. The van der Waals surface area contributed by atoms with Crippen LogP contribution in [0, 0.1) is 0 Å². The molecule has 1 saturated heterocycles. The number of nitrogens with zero attached hydrogens (tertiary/aromatic N) is 7. The van der Waals surface area contributed by atoms with E-state index in [-0.39, 0.29) is 17.3 Å². The number of piperazine rings is 1. The van der Waals surface area contributed by atoms with Crippen molar-refractivity contribution < 1.29 is 13.2 Å². The van der Waals surface area contributed by atoms with Crippen molar-refractivity contribution in [2.24, 2.45) is 0 Å². The van der Waals surface area contributed by atoms with E-state index in [0.717, 1.165) is 24.3 Å². The molecule has 0 unspecified atom stereocenters. The van der Waals surface area contributed by atoms with Crippen molar-refractivity contribution in [3.63, 3.8) is 0 Å². The number of nitrogens with one attached hydrogen (secondary N) is 1. The topological polar surface area (TPSA) is 115 Å². The van der Waals surface area contributed by atoms with Gasteiger partial charge in [0.2, 0.25) is 21.9 Å². The van der Waals surface area contributed by atoms with Gasteiger partial charge in [-0.15, -0.1) is 0 Å². The maximum absolute atomic E-state index is 13.4. The number of hydrogen-bond acceptors (Lipinski definition) is 9. The van der Waals surface area contributed by atoms with E-state index in [1.54, 1.807) is 47.6 Å². The van der Waals surface area contributed by atoms with E-state index in [1.165, 1.54) is 4.31 Å². The zero-order chi connectivity index (χ0) is 26.7. The number of likely N-dealkylation sites (N-methyl/N-ethyl adjacent to an activating group) is 1. The number of benzene rings is 1. The fraction of sp³-hybridized carbons (Fsp3) is 0.385. The summed E-state index contributed by atoms with van der Waals surface area (Å²) >= 11 is 0. The normalized spacial score (nSPS) is 22.2. The molecule has 0 atom stereocenters. The molecule has 0 saturated carbocycles. The number of anilines is 3. The molecule has 8 rings (SSSR count). The van der Waals surface area contributed by atoms with Crippen molar-refractivity contribution in [2.45, 2.75) is 11.3 Å². The minimum absolute atomic E-state index is 0.0338. The molecular formula is C26H32N8O3S. The number of amides is 1. The first-order valence-corrected chi connectivity index (χ1v) is 14.1. The lowest BCUT2D eigenvalue weighted by atomic mass is 10.2. The number of carbonyl (C=O) groups excluding carboxylic acids is 1. The summed E-state index contributed by atoms with van der Waals surface area (Å²) in [7, 11) is 0.110. The zero-order valence-corrected chi connectivity index (χ0v) is 22.4. The molecule has 1 amide bonds. The number of aromatic nitrogens is 3. The third-order valence-corrected chi connectivity index (χ3v) is 8.82.